The number of ether oxygens (including phenoxy) is 2. The highest BCUT2D eigenvalue weighted by Crippen LogP contribution is 2.46. The summed E-state index contributed by atoms with van der Waals surface area (Å²) in [4.78, 5) is 54.2. The van der Waals surface area contributed by atoms with Crippen molar-refractivity contribution >= 4 is 45.1 Å². The van der Waals surface area contributed by atoms with Crippen LogP contribution < -0.4 is 5.76 Å². The first-order valence-electron chi connectivity index (χ1n) is 15.5. The zero-order valence-corrected chi connectivity index (χ0v) is 28.3. The first-order valence-corrected chi connectivity index (χ1v) is 16.7. The minimum absolute atomic E-state index is 0.0609. The molecule has 1 aromatic carbocycles. The fourth-order valence-electron chi connectivity index (χ4n) is 5.88. The molecule has 0 bridgehead atoms. The Morgan fingerprint density at radius 2 is 1.94 bits per heavy atom. The molecule has 1 aliphatic rings. The normalized spacial score (nSPS) is 14.9. The lowest BCUT2D eigenvalue weighted by atomic mass is 9.91. The second-order valence-electron chi connectivity index (χ2n) is 12.3. The maximum absolute atomic E-state index is 14.1. The Balaban J connectivity index is 1.66. The van der Waals surface area contributed by atoms with Crippen molar-refractivity contribution in [3.05, 3.63) is 86.6 Å². The number of likely N-dealkylation sites (tertiary alicyclic amines) is 1. The largest absolute Gasteiger partial charge is 0.462 e. The molecule has 0 saturated carbocycles. The van der Waals surface area contributed by atoms with E-state index in [1.54, 1.807) is 50.9 Å². The van der Waals surface area contributed by atoms with Gasteiger partial charge >= 0.3 is 17.8 Å². The summed E-state index contributed by atoms with van der Waals surface area (Å²) in [5, 5.41) is 5.10. The number of carbonyl (C=O) groups excluding carboxylic acids is 2. The zero-order valence-electron chi connectivity index (χ0n) is 26.8. The van der Waals surface area contributed by atoms with Gasteiger partial charge in [0, 0.05) is 23.2 Å². The number of rotatable bonds is 8. The number of aromatic nitrogens is 4. The highest BCUT2D eigenvalue weighted by Gasteiger charge is 2.39. The molecule has 1 fully saturated rings. The molecule has 6 rings (SSSR count). The third kappa shape index (κ3) is 6.83. The molecule has 4 aromatic heterocycles. The number of pyridine rings is 2. The van der Waals surface area contributed by atoms with Crippen LogP contribution in [0.3, 0.4) is 0 Å². The number of thiophene rings is 1. The maximum Gasteiger partial charge on any atom is 0.439 e. The quantitative estimate of drug-likeness (QED) is 0.129. The van der Waals surface area contributed by atoms with E-state index < -0.39 is 29.5 Å². The predicted octanol–water partition coefficient (Wildman–Crippen LogP) is 7.53. The molecule has 250 valence electrons. The number of H-pyrrole nitrogens is 1. The molecule has 0 aliphatic carbocycles. The van der Waals surface area contributed by atoms with Crippen LogP contribution in [0.5, 0.6) is 0 Å². The van der Waals surface area contributed by atoms with Crippen LogP contribution >= 0.6 is 22.9 Å². The topological polar surface area (TPSA) is 141 Å². The summed E-state index contributed by atoms with van der Waals surface area (Å²) in [6.07, 6.45) is 2.95. The number of fused-ring (bicyclic) bond motifs is 1. The summed E-state index contributed by atoms with van der Waals surface area (Å²) in [6.45, 7) is 7.54. The van der Waals surface area contributed by atoms with Crippen molar-refractivity contribution < 1.29 is 28.0 Å². The molecule has 0 radical (unpaired) electrons. The Morgan fingerprint density at radius 3 is 2.60 bits per heavy atom. The van der Waals surface area contributed by atoms with Crippen molar-refractivity contribution in [2.24, 2.45) is 0 Å². The molecular formula is C34H33ClFN5O6S. The van der Waals surface area contributed by atoms with Crippen molar-refractivity contribution in [1.82, 2.24) is 25.0 Å². The highest BCUT2D eigenvalue weighted by molar-refractivity contribution is 7.22. The lowest BCUT2D eigenvalue weighted by Gasteiger charge is -2.30. The van der Waals surface area contributed by atoms with Gasteiger partial charge in [-0.1, -0.05) is 28.9 Å². The van der Waals surface area contributed by atoms with Crippen LogP contribution in [0.4, 0.5) is 9.18 Å². The minimum Gasteiger partial charge on any atom is -0.462 e. The number of hydrogen-bond acceptors (Lipinski definition) is 10. The van der Waals surface area contributed by atoms with Crippen LogP contribution in [0.2, 0.25) is 5.15 Å². The number of nitrogens with one attached hydrogen (secondary N) is 1. The highest BCUT2D eigenvalue weighted by atomic mass is 35.5. The van der Waals surface area contributed by atoms with E-state index in [1.165, 1.54) is 23.5 Å². The van der Waals surface area contributed by atoms with Crippen molar-refractivity contribution in [1.29, 1.82) is 0 Å². The minimum atomic E-state index is -0.794. The second-order valence-corrected chi connectivity index (χ2v) is 13.7. The monoisotopic (exact) mass is 693 g/mol. The van der Waals surface area contributed by atoms with Gasteiger partial charge in [-0.3, -0.25) is 19.4 Å². The summed E-state index contributed by atoms with van der Waals surface area (Å²) in [6, 6.07) is 9.18. The van der Waals surface area contributed by atoms with Gasteiger partial charge in [0.1, 0.15) is 16.6 Å². The molecule has 1 aliphatic heterocycles. The second kappa shape index (κ2) is 13.5. The van der Waals surface area contributed by atoms with Gasteiger partial charge in [-0.2, -0.15) is 0 Å². The van der Waals surface area contributed by atoms with E-state index in [-0.39, 0.29) is 29.0 Å². The van der Waals surface area contributed by atoms with Gasteiger partial charge in [0.05, 0.1) is 39.9 Å². The molecule has 1 N–H and O–H groups in total. The number of nitrogens with zero attached hydrogens (tertiary/aromatic N) is 4. The molecule has 11 nitrogen and oxygen atoms in total. The molecule has 1 saturated heterocycles. The van der Waals surface area contributed by atoms with Crippen LogP contribution in [0.15, 0.2) is 51.9 Å². The van der Waals surface area contributed by atoms with Crippen LogP contribution in [-0.4, -0.2) is 55.8 Å². The van der Waals surface area contributed by atoms with Gasteiger partial charge in [-0.25, -0.2) is 23.8 Å². The Bertz CT molecular complexity index is 2050. The van der Waals surface area contributed by atoms with Gasteiger partial charge in [-0.15, -0.1) is 11.3 Å². The van der Waals surface area contributed by atoms with Crippen molar-refractivity contribution in [2.45, 2.75) is 65.0 Å². The van der Waals surface area contributed by atoms with Gasteiger partial charge < -0.3 is 9.47 Å². The summed E-state index contributed by atoms with van der Waals surface area (Å²) in [5.74, 6) is -1.75. The third-order valence-corrected chi connectivity index (χ3v) is 9.43. The number of aromatic amines is 1. The van der Waals surface area contributed by atoms with Gasteiger partial charge in [0.15, 0.2) is 5.82 Å². The first kappa shape index (κ1) is 33.3. The number of halogens is 2. The Labute approximate surface area is 284 Å². The molecular weight excluding hydrogens is 661 g/mol. The van der Waals surface area contributed by atoms with E-state index in [4.69, 9.17) is 30.6 Å². The average Bonchev–Trinajstić information content (AvgIpc) is 3.79. The molecule has 5 aromatic rings. The van der Waals surface area contributed by atoms with E-state index in [9.17, 15) is 18.8 Å². The molecule has 0 unspecified atom stereocenters. The Hall–Kier alpha value is -4.62. The van der Waals surface area contributed by atoms with E-state index in [0.717, 1.165) is 10.9 Å². The lowest BCUT2D eigenvalue weighted by Crippen LogP contribution is -2.37. The predicted molar refractivity (Wildman–Crippen MR) is 179 cm³/mol. The molecule has 1 amide bonds. The van der Waals surface area contributed by atoms with Crippen molar-refractivity contribution in [3.63, 3.8) is 0 Å². The molecule has 14 heteroatoms. The fourth-order valence-corrected chi connectivity index (χ4v) is 7.26. The van der Waals surface area contributed by atoms with E-state index in [2.05, 4.69) is 15.1 Å². The van der Waals surface area contributed by atoms with E-state index in [1.807, 2.05) is 12.1 Å². The molecule has 1 atom stereocenters. The van der Waals surface area contributed by atoms with Crippen LogP contribution in [-0.2, 0) is 22.3 Å². The summed E-state index contributed by atoms with van der Waals surface area (Å²) in [5.41, 5.74) is 1.76. The third-order valence-electron chi connectivity index (χ3n) is 7.85. The smallest absolute Gasteiger partial charge is 0.439 e. The molecule has 5 heterocycles. The SMILES string of the molecule is CCOC(=O)c1c([C@@H]2CCCN2C(=O)OC(C)(C)C)nc(CCc2ccc(F)cc2)c(-c2noc(=O)[nH]2)c1-c1cc2ccnc(Cl)c2s1. The van der Waals surface area contributed by atoms with Gasteiger partial charge in [0.25, 0.3) is 0 Å². The summed E-state index contributed by atoms with van der Waals surface area (Å²) >= 11 is 7.81. The van der Waals surface area contributed by atoms with Gasteiger partial charge in [0.2, 0.25) is 0 Å². The summed E-state index contributed by atoms with van der Waals surface area (Å²) < 4.78 is 30.8. The van der Waals surface area contributed by atoms with E-state index >= 15 is 0 Å². The number of benzene rings is 1. The maximum atomic E-state index is 14.1. The van der Waals surface area contributed by atoms with Crippen LogP contribution in [0, 0.1) is 5.82 Å². The average molecular weight is 694 g/mol. The van der Waals surface area contributed by atoms with Crippen LogP contribution in [0.1, 0.15) is 73.9 Å². The van der Waals surface area contributed by atoms with Crippen LogP contribution in [0.25, 0.3) is 31.9 Å². The van der Waals surface area contributed by atoms with Crippen molar-refractivity contribution in [3.8, 4) is 21.8 Å². The number of hydrogen-bond donors (Lipinski definition) is 1. The zero-order chi connectivity index (χ0) is 34.2. The number of amides is 1. The molecule has 0 spiro atoms. The fraction of sp³-hybridized carbons (Fsp3) is 0.353. The Morgan fingerprint density at radius 1 is 1.17 bits per heavy atom. The number of carbonyl (C=O) groups is 2. The first-order chi connectivity index (χ1) is 22.9. The van der Waals surface area contributed by atoms with E-state index in [0.29, 0.717) is 64.3 Å². The lowest BCUT2D eigenvalue weighted by molar-refractivity contribution is 0.0217. The molecule has 48 heavy (non-hydrogen) atoms. The van der Waals surface area contributed by atoms with Crippen molar-refractivity contribution in [2.75, 3.05) is 13.2 Å². The number of aryl methyl sites for hydroxylation is 2. The standard InChI is InChI=1S/C34H33ClFN5O6S/c1-5-45-31(42)26-25(23-17-19-14-15-37-29(35)28(19)48-23)24(30-39-32(43)47-40-30)21(13-10-18-8-11-20(36)12-9-18)38-27(26)22-7-6-16-41(22)33(44)46-34(2,3)4/h8-9,11-12,14-15,17,22H,5-7,10,13,16H2,1-4H3,(H,39,40,43)/t22-/m0/s1. The summed E-state index contributed by atoms with van der Waals surface area (Å²) in [7, 11) is 0. The Kier molecular flexibility index (Phi) is 9.35. The number of esters is 1. The van der Waals surface area contributed by atoms with Gasteiger partial charge in [-0.05, 0) is 88.6 Å².